The van der Waals surface area contributed by atoms with Gasteiger partial charge in [0.1, 0.15) is 4.88 Å². The molecule has 0 fully saturated rings. The smallest absolute Gasteiger partial charge is 0.347 e. The zero-order chi connectivity index (χ0) is 11.5. The number of guanidine groups is 1. The molecule has 0 amide bonds. The van der Waals surface area contributed by atoms with Crippen LogP contribution in [-0.2, 0) is 0 Å². The Hall–Kier alpha value is -1.76. The molecule has 1 aliphatic rings. The lowest BCUT2D eigenvalue weighted by molar-refractivity contribution is 0.0701. The van der Waals surface area contributed by atoms with Crippen LogP contribution in [0.1, 0.15) is 21.8 Å². The molecule has 6 nitrogen and oxygen atoms in total. The first-order valence-corrected chi connectivity index (χ1v) is 5.54. The molecule has 0 unspecified atom stereocenters. The second-order valence-electron chi connectivity index (χ2n) is 3.18. The van der Waals surface area contributed by atoms with Crippen molar-refractivity contribution in [3.8, 4) is 0 Å². The Morgan fingerprint density at radius 1 is 1.69 bits per heavy atom. The van der Waals surface area contributed by atoms with Gasteiger partial charge in [0, 0.05) is 19.2 Å². The highest BCUT2D eigenvalue weighted by Gasteiger charge is 2.14. The quantitative estimate of drug-likeness (QED) is 0.810. The van der Waals surface area contributed by atoms with Gasteiger partial charge in [0.25, 0.3) is 0 Å². The molecule has 1 aromatic heterocycles. The Balaban J connectivity index is 2.28. The lowest BCUT2D eigenvalue weighted by Crippen LogP contribution is -2.26. The molecule has 0 atom stereocenters. The van der Waals surface area contributed by atoms with Crippen molar-refractivity contribution in [3.05, 3.63) is 10.6 Å². The van der Waals surface area contributed by atoms with Gasteiger partial charge in [-0.2, -0.15) is 4.99 Å². The summed E-state index contributed by atoms with van der Waals surface area (Å²) in [7, 11) is 0. The maximum absolute atomic E-state index is 10.8. The van der Waals surface area contributed by atoms with Crippen molar-refractivity contribution < 1.29 is 9.90 Å². The molecule has 7 heteroatoms. The van der Waals surface area contributed by atoms with Crippen molar-refractivity contribution in [1.82, 2.24) is 10.3 Å². The third-order valence-corrected chi connectivity index (χ3v) is 2.99. The number of thiazole rings is 1. The summed E-state index contributed by atoms with van der Waals surface area (Å²) in [5.41, 5.74) is 0.483. The van der Waals surface area contributed by atoms with Crippen LogP contribution in [-0.4, -0.2) is 34.8 Å². The number of aryl methyl sites for hydroxylation is 1. The molecular weight excluding hydrogens is 228 g/mol. The van der Waals surface area contributed by atoms with Crippen LogP contribution in [0.2, 0.25) is 0 Å². The Labute approximate surface area is 95.8 Å². The molecule has 0 aliphatic carbocycles. The molecule has 0 aromatic carbocycles. The van der Waals surface area contributed by atoms with Gasteiger partial charge in [-0.3, -0.25) is 0 Å². The van der Waals surface area contributed by atoms with Crippen LogP contribution in [0.15, 0.2) is 9.98 Å². The van der Waals surface area contributed by atoms with Gasteiger partial charge in [0.2, 0.25) is 11.1 Å². The second kappa shape index (κ2) is 4.40. The largest absolute Gasteiger partial charge is 0.477 e. The highest BCUT2D eigenvalue weighted by molar-refractivity contribution is 7.17. The lowest BCUT2D eigenvalue weighted by Gasteiger charge is -2.06. The second-order valence-corrected chi connectivity index (χ2v) is 4.16. The van der Waals surface area contributed by atoms with Crippen LogP contribution >= 0.6 is 11.3 Å². The van der Waals surface area contributed by atoms with Crippen molar-refractivity contribution in [2.75, 3.05) is 6.54 Å². The number of hydrogen-bond acceptors (Lipinski definition) is 4. The summed E-state index contributed by atoms with van der Waals surface area (Å²) in [6.45, 7) is 2.44. The predicted octanol–water partition coefficient (Wildman–Crippen LogP) is 1.20. The third kappa shape index (κ3) is 2.25. The van der Waals surface area contributed by atoms with E-state index in [0.717, 1.165) is 24.3 Å². The van der Waals surface area contributed by atoms with Crippen molar-refractivity contribution in [1.29, 1.82) is 0 Å². The fourth-order valence-electron chi connectivity index (χ4n) is 1.23. The summed E-state index contributed by atoms with van der Waals surface area (Å²) < 4.78 is 0. The van der Waals surface area contributed by atoms with Crippen LogP contribution in [0.3, 0.4) is 0 Å². The zero-order valence-electron chi connectivity index (χ0n) is 8.60. The number of carboxylic acids is 1. The van der Waals surface area contributed by atoms with Crippen LogP contribution < -0.4 is 5.32 Å². The summed E-state index contributed by atoms with van der Waals surface area (Å²) >= 11 is 1.05. The molecule has 16 heavy (non-hydrogen) atoms. The molecule has 2 rings (SSSR count). The minimum atomic E-state index is -0.971. The first kappa shape index (κ1) is 10.7. The van der Waals surface area contributed by atoms with E-state index in [1.807, 2.05) is 0 Å². The SMILES string of the molecule is Cc1nc(N=C2N=CCCN2)sc1C(=O)O. The number of aromatic carboxylic acids is 1. The van der Waals surface area contributed by atoms with Crippen molar-refractivity contribution in [2.24, 2.45) is 9.98 Å². The number of hydrogen-bond donors (Lipinski definition) is 2. The zero-order valence-corrected chi connectivity index (χ0v) is 9.41. The van der Waals surface area contributed by atoms with E-state index in [0.29, 0.717) is 16.8 Å². The van der Waals surface area contributed by atoms with Gasteiger partial charge in [-0.25, -0.2) is 14.8 Å². The fourth-order valence-corrected chi connectivity index (χ4v) is 2.01. The Morgan fingerprint density at radius 2 is 2.50 bits per heavy atom. The number of nitrogens with one attached hydrogen (secondary N) is 1. The van der Waals surface area contributed by atoms with Crippen LogP contribution in [0.5, 0.6) is 0 Å². The molecule has 1 aromatic rings. The Bertz CT molecular complexity index is 478. The molecule has 2 heterocycles. The van der Waals surface area contributed by atoms with Crippen LogP contribution in [0.25, 0.3) is 0 Å². The monoisotopic (exact) mass is 238 g/mol. The molecule has 1 aliphatic heterocycles. The third-order valence-electron chi connectivity index (χ3n) is 1.95. The number of nitrogens with zero attached hydrogens (tertiary/aromatic N) is 3. The number of carboxylic acid groups (broad SMARTS) is 1. The van der Waals surface area contributed by atoms with E-state index >= 15 is 0 Å². The molecule has 0 saturated heterocycles. The first-order chi connectivity index (χ1) is 7.66. The molecule has 0 radical (unpaired) electrons. The van der Waals surface area contributed by atoms with Gasteiger partial charge in [-0.1, -0.05) is 11.3 Å². The Kier molecular flexibility index (Phi) is 2.95. The molecule has 2 N–H and O–H groups in total. The Morgan fingerprint density at radius 3 is 3.06 bits per heavy atom. The number of aromatic nitrogens is 1. The van der Waals surface area contributed by atoms with E-state index in [1.54, 1.807) is 13.1 Å². The van der Waals surface area contributed by atoms with E-state index in [-0.39, 0.29) is 4.88 Å². The predicted molar refractivity (Wildman–Crippen MR) is 62.0 cm³/mol. The molecule has 84 valence electrons. The van der Waals surface area contributed by atoms with Gasteiger partial charge >= 0.3 is 5.97 Å². The number of aliphatic imine (C=N–C) groups is 2. The van der Waals surface area contributed by atoms with Gasteiger partial charge in [-0.15, -0.1) is 0 Å². The fraction of sp³-hybridized carbons (Fsp3) is 0.333. The van der Waals surface area contributed by atoms with E-state index in [2.05, 4.69) is 20.3 Å². The van der Waals surface area contributed by atoms with Crippen LogP contribution in [0.4, 0.5) is 5.13 Å². The highest BCUT2D eigenvalue weighted by atomic mass is 32.1. The van der Waals surface area contributed by atoms with E-state index in [9.17, 15) is 4.79 Å². The average Bonchev–Trinajstić information content (AvgIpc) is 2.61. The standard InChI is InChI=1S/C9H10N4O2S/c1-5-6(7(14)15)16-9(12-5)13-8-10-3-2-4-11-8/h3H,2,4H2,1H3,(H,14,15)(H,11,12,13). The van der Waals surface area contributed by atoms with Crippen molar-refractivity contribution in [3.63, 3.8) is 0 Å². The topological polar surface area (TPSA) is 86.9 Å². The minimum absolute atomic E-state index is 0.221. The summed E-state index contributed by atoms with van der Waals surface area (Å²) in [5, 5.41) is 12.3. The van der Waals surface area contributed by atoms with Gasteiger partial charge in [-0.05, 0) is 6.92 Å². The first-order valence-electron chi connectivity index (χ1n) is 4.72. The number of carbonyl (C=O) groups is 1. The maximum Gasteiger partial charge on any atom is 0.347 e. The summed E-state index contributed by atoms with van der Waals surface area (Å²) in [6, 6.07) is 0. The minimum Gasteiger partial charge on any atom is -0.477 e. The van der Waals surface area contributed by atoms with E-state index < -0.39 is 5.97 Å². The average molecular weight is 238 g/mol. The molecule has 0 spiro atoms. The molecule has 0 saturated carbocycles. The van der Waals surface area contributed by atoms with Crippen molar-refractivity contribution in [2.45, 2.75) is 13.3 Å². The van der Waals surface area contributed by atoms with Gasteiger partial charge < -0.3 is 10.4 Å². The van der Waals surface area contributed by atoms with Gasteiger partial charge in [0.15, 0.2) is 0 Å². The number of rotatable bonds is 2. The maximum atomic E-state index is 10.8. The molecular formula is C9H10N4O2S. The normalized spacial score (nSPS) is 17.4. The lowest BCUT2D eigenvalue weighted by atomic mass is 10.4. The van der Waals surface area contributed by atoms with Crippen molar-refractivity contribution >= 4 is 34.6 Å². The summed E-state index contributed by atoms with van der Waals surface area (Å²) in [5.74, 6) is -0.488. The molecule has 0 bridgehead atoms. The summed E-state index contributed by atoms with van der Waals surface area (Å²) in [6.07, 6.45) is 2.64. The van der Waals surface area contributed by atoms with E-state index in [4.69, 9.17) is 5.11 Å². The van der Waals surface area contributed by atoms with Crippen LogP contribution in [0, 0.1) is 6.92 Å². The van der Waals surface area contributed by atoms with Gasteiger partial charge in [0.05, 0.1) is 5.69 Å². The highest BCUT2D eigenvalue weighted by Crippen LogP contribution is 2.25. The van der Waals surface area contributed by atoms with E-state index in [1.165, 1.54) is 0 Å². The summed E-state index contributed by atoms with van der Waals surface area (Å²) in [4.78, 5) is 23.3.